The molecule has 15 heavy (non-hydrogen) atoms. The summed E-state index contributed by atoms with van der Waals surface area (Å²) < 4.78 is 15.7. The Bertz CT molecular complexity index is 302. The van der Waals surface area contributed by atoms with Gasteiger partial charge in [0, 0.05) is 13.2 Å². The minimum absolute atomic E-state index is 0.223. The zero-order valence-corrected chi connectivity index (χ0v) is 9.16. The highest BCUT2D eigenvalue weighted by Gasteiger charge is 2.04. The van der Waals surface area contributed by atoms with E-state index in [-0.39, 0.29) is 6.79 Å². The van der Waals surface area contributed by atoms with Crippen molar-refractivity contribution in [1.82, 2.24) is 0 Å². The summed E-state index contributed by atoms with van der Waals surface area (Å²) in [7, 11) is 1.60. The van der Waals surface area contributed by atoms with E-state index in [9.17, 15) is 0 Å². The Labute approximate surface area is 89.9 Å². The van der Waals surface area contributed by atoms with Crippen LogP contribution < -0.4 is 15.2 Å². The third-order valence-corrected chi connectivity index (χ3v) is 1.97. The molecule has 84 valence electrons. The lowest BCUT2D eigenvalue weighted by Crippen LogP contribution is -2.04. The first-order valence-electron chi connectivity index (χ1n) is 4.89. The monoisotopic (exact) mass is 211 g/mol. The van der Waals surface area contributed by atoms with Crippen LogP contribution in [0.15, 0.2) is 18.2 Å². The van der Waals surface area contributed by atoms with E-state index in [0.29, 0.717) is 24.7 Å². The average molecular weight is 211 g/mol. The Morgan fingerprint density at radius 3 is 2.67 bits per heavy atom. The fourth-order valence-corrected chi connectivity index (χ4v) is 1.15. The molecule has 0 amide bonds. The van der Waals surface area contributed by atoms with Crippen LogP contribution in [0.2, 0.25) is 0 Å². The van der Waals surface area contributed by atoms with Gasteiger partial charge < -0.3 is 19.9 Å². The quantitative estimate of drug-likeness (QED) is 0.572. The summed E-state index contributed by atoms with van der Waals surface area (Å²) in [6, 6.07) is 5.60. The minimum atomic E-state index is 0.223. The lowest BCUT2D eigenvalue weighted by molar-refractivity contribution is 0.0209. The van der Waals surface area contributed by atoms with Gasteiger partial charge in [-0.25, -0.2) is 0 Å². The van der Waals surface area contributed by atoms with E-state index in [2.05, 4.69) is 0 Å². The van der Waals surface area contributed by atoms with Crippen molar-refractivity contribution < 1.29 is 14.2 Å². The number of benzene rings is 1. The van der Waals surface area contributed by atoms with Gasteiger partial charge in [-0.15, -0.1) is 0 Å². The Balaban J connectivity index is 2.72. The summed E-state index contributed by atoms with van der Waals surface area (Å²) in [4.78, 5) is 0. The number of rotatable bonds is 6. The first kappa shape index (κ1) is 11.8. The van der Waals surface area contributed by atoms with E-state index in [4.69, 9.17) is 19.9 Å². The molecular formula is C11H17NO3. The smallest absolute Gasteiger partial charge is 0.189 e. The van der Waals surface area contributed by atoms with Crippen molar-refractivity contribution >= 4 is 0 Å². The average Bonchev–Trinajstić information content (AvgIpc) is 2.29. The van der Waals surface area contributed by atoms with Crippen molar-refractivity contribution in [2.75, 3.05) is 20.5 Å². The Kier molecular flexibility index (Phi) is 4.93. The number of methoxy groups -OCH3 is 1. The molecule has 1 aromatic carbocycles. The van der Waals surface area contributed by atoms with E-state index in [1.165, 1.54) is 0 Å². The standard InChI is InChI=1S/C11H17NO3/c1-3-14-8-15-11-6-9(7-12)4-5-10(11)13-2/h4-6H,3,7-8,12H2,1-2H3. The molecule has 0 spiro atoms. The third-order valence-electron chi connectivity index (χ3n) is 1.97. The lowest BCUT2D eigenvalue weighted by Gasteiger charge is -2.11. The van der Waals surface area contributed by atoms with Crippen LogP contribution in [0.4, 0.5) is 0 Å². The highest BCUT2D eigenvalue weighted by molar-refractivity contribution is 5.42. The van der Waals surface area contributed by atoms with Crippen molar-refractivity contribution in [2.45, 2.75) is 13.5 Å². The van der Waals surface area contributed by atoms with Crippen molar-refractivity contribution in [3.05, 3.63) is 23.8 Å². The van der Waals surface area contributed by atoms with Gasteiger partial charge in [-0.2, -0.15) is 0 Å². The van der Waals surface area contributed by atoms with Gasteiger partial charge in [0.2, 0.25) is 0 Å². The first-order chi connectivity index (χ1) is 7.31. The van der Waals surface area contributed by atoms with Gasteiger partial charge in [-0.1, -0.05) is 6.07 Å². The van der Waals surface area contributed by atoms with Crippen LogP contribution in [0.1, 0.15) is 12.5 Å². The molecule has 4 heteroatoms. The molecule has 1 rings (SSSR count). The second kappa shape index (κ2) is 6.27. The van der Waals surface area contributed by atoms with Crippen LogP contribution in [0.5, 0.6) is 11.5 Å². The van der Waals surface area contributed by atoms with Crippen LogP contribution in [0.25, 0.3) is 0 Å². The van der Waals surface area contributed by atoms with Gasteiger partial charge >= 0.3 is 0 Å². The predicted octanol–water partition coefficient (Wildman–Crippen LogP) is 1.53. The number of hydrogen-bond donors (Lipinski definition) is 1. The van der Waals surface area contributed by atoms with E-state index in [0.717, 1.165) is 5.56 Å². The molecule has 2 N–H and O–H groups in total. The summed E-state index contributed by atoms with van der Waals surface area (Å²) in [5.41, 5.74) is 6.54. The summed E-state index contributed by atoms with van der Waals surface area (Å²) >= 11 is 0. The maximum Gasteiger partial charge on any atom is 0.189 e. The molecular weight excluding hydrogens is 194 g/mol. The summed E-state index contributed by atoms with van der Waals surface area (Å²) in [5, 5.41) is 0. The lowest BCUT2D eigenvalue weighted by atomic mass is 10.2. The van der Waals surface area contributed by atoms with E-state index in [1.54, 1.807) is 7.11 Å². The van der Waals surface area contributed by atoms with Gasteiger partial charge in [0.05, 0.1) is 7.11 Å². The fourth-order valence-electron chi connectivity index (χ4n) is 1.15. The Morgan fingerprint density at radius 1 is 1.27 bits per heavy atom. The zero-order chi connectivity index (χ0) is 11.1. The normalized spacial score (nSPS) is 10.1. The van der Waals surface area contributed by atoms with Crippen LogP contribution in [-0.4, -0.2) is 20.5 Å². The van der Waals surface area contributed by atoms with Crippen LogP contribution in [0.3, 0.4) is 0 Å². The molecule has 0 unspecified atom stereocenters. The predicted molar refractivity (Wildman–Crippen MR) is 58.0 cm³/mol. The van der Waals surface area contributed by atoms with Gasteiger partial charge in [0.25, 0.3) is 0 Å². The number of ether oxygens (including phenoxy) is 3. The van der Waals surface area contributed by atoms with Crippen molar-refractivity contribution in [1.29, 1.82) is 0 Å². The maximum atomic E-state index is 5.54. The molecule has 4 nitrogen and oxygen atoms in total. The zero-order valence-electron chi connectivity index (χ0n) is 9.16. The minimum Gasteiger partial charge on any atom is -0.493 e. The second-order valence-corrected chi connectivity index (χ2v) is 2.94. The summed E-state index contributed by atoms with van der Waals surface area (Å²) in [6.07, 6.45) is 0. The van der Waals surface area contributed by atoms with Gasteiger partial charge in [0.1, 0.15) is 0 Å². The Morgan fingerprint density at radius 2 is 2.07 bits per heavy atom. The summed E-state index contributed by atoms with van der Waals surface area (Å²) in [6.45, 7) is 3.24. The van der Waals surface area contributed by atoms with Crippen LogP contribution in [0, 0.1) is 0 Å². The molecule has 0 atom stereocenters. The van der Waals surface area contributed by atoms with Gasteiger partial charge in [-0.3, -0.25) is 0 Å². The third kappa shape index (κ3) is 3.42. The molecule has 0 fully saturated rings. The van der Waals surface area contributed by atoms with Crippen molar-refractivity contribution in [3.8, 4) is 11.5 Å². The first-order valence-corrected chi connectivity index (χ1v) is 4.89. The second-order valence-electron chi connectivity index (χ2n) is 2.94. The van der Waals surface area contributed by atoms with Crippen LogP contribution in [-0.2, 0) is 11.3 Å². The van der Waals surface area contributed by atoms with E-state index >= 15 is 0 Å². The topological polar surface area (TPSA) is 53.7 Å². The SMILES string of the molecule is CCOCOc1cc(CN)ccc1OC. The number of nitrogens with two attached hydrogens (primary N) is 1. The number of hydrogen-bond acceptors (Lipinski definition) is 4. The van der Waals surface area contributed by atoms with Crippen LogP contribution >= 0.6 is 0 Å². The fraction of sp³-hybridized carbons (Fsp3) is 0.455. The van der Waals surface area contributed by atoms with Crippen molar-refractivity contribution in [3.63, 3.8) is 0 Å². The highest BCUT2D eigenvalue weighted by atomic mass is 16.7. The molecule has 0 radical (unpaired) electrons. The molecule has 0 aliphatic carbocycles. The Hall–Kier alpha value is -1.26. The molecule has 0 aliphatic rings. The molecule has 0 saturated heterocycles. The highest BCUT2D eigenvalue weighted by Crippen LogP contribution is 2.27. The molecule has 1 aromatic rings. The largest absolute Gasteiger partial charge is 0.493 e. The van der Waals surface area contributed by atoms with E-state index < -0.39 is 0 Å². The molecule has 0 heterocycles. The molecule has 0 saturated carbocycles. The van der Waals surface area contributed by atoms with Crippen molar-refractivity contribution in [2.24, 2.45) is 5.73 Å². The van der Waals surface area contributed by atoms with E-state index in [1.807, 2.05) is 25.1 Å². The molecule has 0 aromatic heterocycles. The van der Waals surface area contributed by atoms with Gasteiger partial charge in [-0.05, 0) is 24.6 Å². The maximum absolute atomic E-state index is 5.54. The van der Waals surface area contributed by atoms with Gasteiger partial charge in [0.15, 0.2) is 18.3 Å². The molecule has 0 aliphatic heterocycles. The summed E-state index contributed by atoms with van der Waals surface area (Å²) in [5.74, 6) is 1.35. The molecule has 0 bridgehead atoms.